The number of methoxy groups -OCH3 is 1. The molecule has 1 atom stereocenters. The summed E-state index contributed by atoms with van der Waals surface area (Å²) in [6.45, 7) is 7.33. The van der Waals surface area contributed by atoms with Crippen molar-refractivity contribution in [2.24, 2.45) is 0 Å². The minimum Gasteiger partial charge on any atom is -0.383 e. The summed E-state index contributed by atoms with van der Waals surface area (Å²) in [4.78, 5) is 43.8. The second-order valence-electron chi connectivity index (χ2n) is 7.75. The third-order valence-electron chi connectivity index (χ3n) is 5.90. The zero-order chi connectivity index (χ0) is 20.8. The van der Waals surface area contributed by atoms with Gasteiger partial charge in [0.2, 0.25) is 5.91 Å². The van der Waals surface area contributed by atoms with Crippen molar-refractivity contribution >= 4 is 29.0 Å². The van der Waals surface area contributed by atoms with Gasteiger partial charge in [0.25, 0.3) is 5.91 Å². The quantitative estimate of drug-likeness (QED) is 0.744. The average Bonchev–Trinajstić information content (AvgIpc) is 3.37. The van der Waals surface area contributed by atoms with E-state index in [2.05, 4.69) is 4.98 Å². The molecule has 0 saturated carbocycles. The van der Waals surface area contributed by atoms with E-state index in [1.165, 1.54) is 11.3 Å². The lowest BCUT2D eigenvalue weighted by atomic mass is 9.96. The topological polar surface area (TPSA) is 88.5 Å². The highest BCUT2D eigenvalue weighted by Gasteiger charge is 2.45. The lowest BCUT2D eigenvalue weighted by Gasteiger charge is -2.34. The Morgan fingerprint density at radius 3 is 2.79 bits per heavy atom. The molecule has 0 unspecified atom stereocenters. The predicted molar refractivity (Wildman–Crippen MR) is 109 cm³/mol. The Kier molecular flexibility index (Phi) is 5.12. The number of thiazole rings is 1. The Bertz CT molecular complexity index is 975. The molecule has 4 rings (SSSR count). The average molecular weight is 416 g/mol. The summed E-state index contributed by atoms with van der Waals surface area (Å²) < 4.78 is 5.15. The molecule has 2 aromatic heterocycles. The van der Waals surface area contributed by atoms with Crippen molar-refractivity contribution in [3.8, 4) is 0 Å². The number of aromatic nitrogens is 3. The molecular weight excluding hydrogens is 390 g/mol. The number of carbonyl (C=O) groups excluding carboxylic acids is 2. The van der Waals surface area contributed by atoms with Gasteiger partial charge in [0, 0.05) is 24.9 Å². The van der Waals surface area contributed by atoms with Gasteiger partial charge in [-0.1, -0.05) is 0 Å². The molecule has 0 radical (unpaired) electrons. The van der Waals surface area contributed by atoms with Gasteiger partial charge in [0.1, 0.15) is 16.2 Å². The maximum atomic E-state index is 13.3. The first-order valence-electron chi connectivity index (χ1n) is 9.76. The Balaban J connectivity index is 1.73. The Labute approximate surface area is 173 Å². The number of aryl methyl sites for hydroxylation is 2. The fraction of sp³-hybridized carbons (Fsp3) is 0.550. The zero-order valence-corrected chi connectivity index (χ0v) is 18.0. The van der Waals surface area contributed by atoms with Gasteiger partial charge in [0.15, 0.2) is 5.82 Å². The van der Waals surface area contributed by atoms with Gasteiger partial charge in [-0.15, -0.1) is 11.3 Å². The van der Waals surface area contributed by atoms with Crippen LogP contribution in [0, 0.1) is 13.8 Å². The SMILES string of the molecule is COCCN1C(=O)Cc2c(C)nc([C@]3(C)CCCN3C(=O)c3scnc3C)nc21. The van der Waals surface area contributed by atoms with Crippen LogP contribution in [-0.2, 0) is 21.5 Å². The monoisotopic (exact) mass is 415 g/mol. The van der Waals surface area contributed by atoms with Gasteiger partial charge < -0.3 is 9.64 Å². The van der Waals surface area contributed by atoms with Crippen LogP contribution in [0.25, 0.3) is 0 Å². The van der Waals surface area contributed by atoms with Gasteiger partial charge in [-0.2, -0.15) is 0 Å². The van der Waals surface area contributed by atoms with Crippen molar-refractivity contribution in [1.29, 1.82) is 0 Å². The summed E-state index contributed by atoms with van der Waals surface area (Å²) >= 11 is 1.36. The number of hydrogen-bond acceptors (Lipinski definition) is 7. The van der Waals surface area contributed by atoms with Crippen LogP contribution in [0.1, 0.15) is 52.2 Å². The van der Waals surface area contributed by atoms with Crippen LogP contribution >= 0.6 is 11.3 Å². The Morgan fingerprint density at radius 1 is 1.31 bits per heavy atom. The molecule has 0 N–H and O–H groups in total. The van der Waals surface area contributed by atoms with Crippen molar-refractivity contribution in [2.75, 3.05) is 31.7 Å². The number of rotatable bonds is 5. The van der Waals surface area contributed by atoms with E-state index in [0.717, 1.165) is 29.8 Å². The maximum absolute atomic E-state index is 13.3. The predicted octanol–water partition coefficient (Wildman–Crippen LogP) is 2.24. The summed E-state index contributed by atoms with van der Waals surface area (Å²) in [5, 5.41) is 0. The normalized spacial score (nSPS) is 21.2. The van der Waals surface area contributed by atoms with Gasteiger partial charge in [0.05, 0.1) is 30.8 Å². The van der Waals surface area contributed by atoms with Crippen molar-refractivity contribution in [2.45, 2.75) is 45.6 Å². The van der Waals surface area contributed by atoms with E-state index in [-0.39, 0.29) is 11.8 Å². The van der Waals surface area contributed by atoms with E-state index in [4.69, 9.17) is 14.7 Å². The summed E-state index contributed by atoms with van der Waals surface area (Å²) in [6.07, 6.45) is 1.97. The van der Waals surface area contributed by atoms with Crippen molar-refractivity contribution in [1.82, 2.24) is 19.9 Å². The molecule has 2 aliphatic heterocycles. The van der Waals surface area contributed by atoms with Gasteiger partial charge in [-0.05, 0) is 33.6 Å². The van der Waals surface area contributed by atoms with Gasteiger partial charge in [-0.25, -0.2) is 15.0 Å². The molecule has 0 spiro atoms. The van der Waals surface area contributed by atoms with Crippen LogP contribution in [0.15, 0.2) is 5.51 Å². The Hall–Kier alpha value is -2.39. The second-order valence-corrected chi connectivity index (χ2v) is 8.61. The number of anilines is 1. The van der Waals surface area contributed by atoms with Crippen LogP contribution in [0.3, 0.4) is 0 Å². The van der Waals surface area contributed by atoms with E-state index in [0.29, 0.717) is 42.6 Å². The summed E-state index contributed by atoms with van der Waals surface area (Å²) in [7, 11) is 1.61. The van der Waals surface area contributed by atoms with E-state index in [1.54, 1.807) is 17.5 Å². The molecule has 29 heavy (non-hydrogen) atoms. The summed E-state index contributed by atoms with van der Waals surface area (Å²) in [6, 6.07) is 0. The molecule has 1 saturated heterocycles. The van der Waals surface area contributed by atoms with Crippen molar-refractivity contribution in [3.63, 3.8) is 0 Å². The van der Waals surface area contributed by atoms with E-state index in [9.17, 15) is 9.59 Å². The molecule has 154 valence electrons. The lowest BCUT2D eigenvalue weighted by molar-refractivity contribution is -0.117. The third-order valence-corrected chi connectivity index (χ3v) is 6.82. The molecule has 0 aromatic carbocycles. The number of amides is 2. The zero-order valence-electron chi connectivity index (χ0n) is 17.2. The summed E-state index contributed by atoms with van der Waals surface area (Å²) in [5.41, 5.74) is 3.49. The molecule has 0 bridgehead atoms. The standard InChI is InChI=1S/C20H25N5O3S/c1-12-14-10-15(26)24(8-9-28-4)17(14)23-19(22-12)20(3)6-5-7-25(20)18(27)16-13(2)21-11-29-16/h11H,5-10H2,1-4H3/t20-/m0/s1. The third kappa shape index (κ3) is 3.22. The van der Waals surface area contributed by atoms with Crippen molar-refractivity contribution < 1.29 is 14.3 Å². The molecular formula is C20H25N5O3S. The molecule has 2 aromatic rings. The van der Waals surface area contributed by atoms with Gasteiger partial charge in [-0.3, -0.25) is 14.5 Å². The fourth-order valence-corrected chi connectivity index (χ4v) is 4.93. The summed E-state index contributed by atoms with van der Waals surface area (Å²) in [5.74, 6) is 1.23. The first-order valence-corrected chi connectivity index (χ1v) is 10.6. The molecule has 9 heteroatoms. The highest BCUT2D eigenvalue weighted by molar-refractivity contribution is 7.11. The number of fused-ring (bicyclic) bond motifs is 1. The minimum absolute atomic E-state index is 0.0105. The number of ether oxygens (including phenoxy) is 1. The molecule has 2 amide bonds. The molecule has 0 aliphatic carbocycles. The number of carbonyl (C=O) groups is 2. The van der Waals surface area contributed by atoms with Crippen LogP contribution in [0.4, 0.5) is 5.82 Å². The van der Waals surface area contributed by atoms with Crippen LogP contribution in [0.2, 0.25) is 0 Å². The van der Waals surface area contributed by atoms with Crippen LogP contribution in [-0.4, -0.2) is 58.5 Å². The second kappa shape index (κ2) is 7.46. The van der Waals surface area contributed by atoms with E-state index >= 15 is 0 Å². The number of likely N-dealkylation sites (tertiary alicyclic amines) is 1. The fourth-order valence-electron chi connectivity index (χ4n) is 4.18. The molecule has 8 nitrogen and oxygen atoms in total. The molecule has 4 heterocycles. The first kappa shape index (κ1) is 19.9. The van der Waals surface area contributed by atoms with Gasteiger partial charge >= 0.3 is 0 Å². The minimum atomic E-state index is -0.619. The van der Waals surface area contributed by atoms with E-state index < -0.39 is 5.54 Å². The van der Waals surface area contributed by atoms with Crippen molar-refractivity contribution in [3.05, 3.63) is 33.2 Å². The number of nitrogens with zero attached hydrogens (tertiary/aromatic N) is 5. The first-order chi connectivity index (χ1) is 13.9. The van der Waals surface area contributed by atoms with Crippen LogP contribution < -0.4 is 4.90 Å². The largest absolute Gasteiger partial charge is 0.383 e. The smallest absolute Gasteiger partial charge is 0.266 e. The van der Waals surface area contributed by atoms with Crippen LogP contribution in [0.5, 0.6) is 0 Å². The van der Waals surface area contributed by atoms with E-state index in [1.807, 2.05) is 25.7 Å². The highest BCUT2D eigenvalue weighted by atomic mass is 32.1. The lowest BCUT2D eigenvalue weighted by Crippen LogP contribution is -2.44. The maximum Gasteiger partial charge on any atom is 0.266 e. The molecule has 2 aliphatic rings. The highest BCUT2D eigenvalue weighted by Crippen LogP contribution is 2.40. The molecule has 1 fully saturated rings. The Morgan fingerprint density at radius 2 is 2.10 bits per heavy atom. The number of hydrogen-bond donors (Lipinski definition) is 0.